The van der Waals surface area contributed by atoms with Gasteiger partial charge in [0.15, 0.2) is 11.2 Å². The number of hydrogen-bond donors (Lipinski definition) is 0. The summed E-state index contributed by atoms with van der Waals surface area (Å²) in [6.45, 7) is 3.64. The van der Waals surface area contributed by atoms with Gasteiger partial charge in [-0.15, -0.1) is 0 Å². The predicted octanol–water partition coefficient (Wildman–Crippen LogP) is 4.78. The lowest BCUT2D eigenvalue weighted by Crippen LogP contribution is -2.25. The zero-order chi connectivity index (χ0) is 20.5. The molecular formula is C19H20ClF3N4O. The maximum Gasteiger partial charge on any atom is 0.391 e. The van der Waals surface area contributed by atoms with Crippen LogP contribution in [0.4, 0.5) is 13.2 Å². The number of aryl methyl sites for hydroxylation is 2. The molecule has 0 amide bonds. The van der Waals surface area contributed by atoms with Crippen LogP contribution in [-0.2, 0) is 13.0 Å². The first-order chi connectivity index (χ1) is 13.2. The molecule has 0 aliphatic heterocycles. The standard InChI is InChI=1S/C19H20ClF3N4O/c1-3-26-11-24-16-17(26)25-15(6-4-5-12(2)19(21,22)23)27(18(16)28)14-9-7-13(20)8-10-14/h7-12H,3-6H2,1-2H3. The van der Waals surface area contributed by atoms with Gasteiger partial charge in [-0.2, -0.15) is 13.2 Å². The molecule has 0 aliphatic carbocycles. The van der Waals surface area contributed by atoms with Crippen LogP contribution >= 0.6 is 11.6 Å². The average Bonchev–Trinajstić information content (AvgIpc) is 3.05. The highest BCUT2D eigenvalue weighted by Gasteiger charge is 2.35. The van der Waals surface area contributed by atoms with Gasteiger partial charge in [-0.1, -0.05) is 18.5 Å². The second-order valence-electron chi connectivity index (χ2n) is 6.68. The summed E-state index contributed by atoms with van der Waals surface area (Å²) in [5.74, 6) is -1.00. The molecule has 0 radical (unpaired) electrons. The highest BCUT2D eigenvalue weighted by atomic mass is 35.5. The van der Waals surface area contributed by atoms with Gasteiger partial charge >= 0.3 is 6.18 Å². The van der Waals surface area contributed by atoms with E-state index in [-0.39, 0.29) is 30.3 Å². The Morgan fingerprint density at radius 2 is 1.89 bits per heavy atom. The third kappa shape index (κ3) is 4.06. The van der Waals surface area contributed by atoms with Crippen molar-refractivity contribution in [1.82, 2.24) is 19.1 Å². The van der Waals surface area contributed by atoms with Crippen molar-refractivity contribution < 1.29 is 13.2 Å². The predicted molar refractivity (Wildman–Crippen MR) is 102 cm³/mol. The lowest BCUT2D eigenvalue weighted by atomic mass is 10.0. The smallest absolute Gasteiger partial charge is 0.315 e. The van der Waals surface area contributed by atoms with E-state index in [1.165, 1.54) is 4.57 Å². The first kappa shape index (κ1) is 20.4. The molecule has 0 spiro atoms. The van der Waals surface area contributed by atoms with E-state index in [1.807, 2.05) is 6.92 Å². The Morgan fingerprint density at radius 1 is 1.21 bits per heavy atom. The number of benzene rings is 1. The summed E-state index contributed by atoms with van der Waals surface area (Å²) in [4.78, 5) is 21.8. The topological polar surface area (TPSA) is 52.7 Å². The number of imidazole rings is 1. The van der Waals surface area contributed by atoms with Gasteiger partial charge in [0.25, 0.3) is 5.56 Å². The summed E-state index contributed by atoms with van der Waals surface area (Å²) in [7, 11) is 0. The van der Waals surface area contributed by atoms with Gasteiger partial charge in [-0.05, 0) is 44.0 Å². The van der Waals surface area contributed by atoms with Gasteiger partial charge in [-0.25, -0.2) is 9.97 Å². The Labute approximate surface area is 164 Å². The van der Waals surface area contributed by atoms with Gasteiger partial charge < -0.3 is 4.57 Å². The molecule has 150 valence electrons. The van der Waals surface area contributed by atoms with Gasteiger partial charge in [0.1, 0.15) is 5.82 Å². The van der Waals surface area contributed by atoms with Crippen LogP contribution in [0.25, 0.3) is 16.9 Å². The molecule has 0 fully saturated rings. The van der Waals surface area contributed by atoms with Crippen molar-refractivity contribution in [1.29, 1.82) is 0 Å². The highest BCUT2D eigenvalue weighted by molar-refractivity contribution is 6.30. The van der Waals surface area contributed by atoms with Crippen LogP contribution in [-0.4, -0.2) is 25.3 Å². The molecule has 0 aliphatic rings. The second kappa shape index (κ2) is 7.95. The van der Waals surface area contributed by atoms with E-state index in [1.54, 1.807) is 35.2 Å². The highest BCUT2D eigenvalue weighted by Crippen LogP contribution is 2.29. The van der Waals surface area contributed by atoms with Crippen molar-refractivity contribution in [3.05, 3.63) is 51.8 Å². The van der Waals surface area contributed by atoms with Gasteiger partial charge in [-0.3, -0.25) is 9.36 Å². The van der Waals surface area contributed by atoms with Crippen LogP contribution < -0.4 is 5.56 Å². The van der Waals surface area contributed by atoms with Crippen LogP contribution in [0.15, 0.2) is 35.4 Å². The quantitative estimate of drug-likeness (QED) is 0.585. The van der Waals surface area contributed by atoms with Crippen molar-refractivity contribution in [3.8, 4) is 5.69 Å². The van der Waals surface area contributed by atoms with Crippen LogP contribution in [0.1, 0.15) is 32.5 Å². The third-order valence-electron chi connectivity index (χ3n) is 4.73. The zero-order valence-corrected chi connectivity index (χ0v) is 16.3. The second-order valence-corrected chi connectivity index (χ2v) is 7.12. The van der Waals surface area contributed by atoms with Crippen molar-refractivity contribution in [2.75, 3.05) is 0 Å². The van der Waals surface area contributed by atoms with E-state index in [9.17, 15) is 18.0 Å². The molecule has 1 aromatic carbocycles. The summed E-state index contributed by atoms with van der Waals surface area (Å²) in [6.07, 6.45) is -2.23. The molecule has 0 bridgehead atoms. The van der Waals surface area contributed by atoms with Crippen LogP contribution in [0, 0.1) is 5.92 Å². The number of rotatable bonds is 6. The Balaban J connectivity index is 2.04. The fraction of sp³-hybridized carbons (Fsp3) is 0.421. The molecule has 9 heteroatoms. The minimum atomic E-state index is -4.23. The van der Waals surface area contributed by atoms with Crippen LogP contribution in [0.3, 0.4) is 0 Å². The van der Waals surface area contributed by atoms with E-state index in [2.05, 4.69) is 9.97 Å². The van der Waals surface area contributed by atoms with Gasteiger partial charge in [0.2, 0.25) is 0 Å². The minimum absolute atomic E-state index is 0.0366. The first-order valence-electron chi connectivity index (χ1n) is 9.01. The minimum Gasteiger partial charge on any atom is -0.315 e. The van der Waals surface area contributed by atoms with Gasteiger partial charge in [0, 0.05) is 18.0 Å². The van der Waals surface area contributed by atoms with E-state index in [0.29, 0.717) is 28.7 Å². The zero-order valence-electron chi connectivity index (χ0n) is 15.5. The molecule has 5 nitrogen and oxygen atoms in total. The van der Waals surface area contributed by atoms with E-state index in [4.69, 9.17) is 11.6 Å². The average molecular weight is 413 g/mol. The molecule has 3 aromatic rings. The Morgan fingerprint density at radius 3 is 2.50 bits per heavy atom. The molecule has 0 N–H and O–H groups in total. The Kier molecular flexibility index (Phi) is 5.79. The van der Waals surface area contributed by atoms with Crippen molar-refractivity contribution in [3.63, 3.8) is 0 Å². The van der Waals surface area contributed by atoms with Gasteiger partial charge in [0.05, 0.1) is 17.9 Å². The molecule has 2 aromatic heterocycles. The monoisotopic (exact) mass is 412 g/mol. The van der Waals surface area contributed by atoms with E-state index in [0.717, 1.165) is 6.92 Å². The summed E-state index contributed by atoms with van der Waals surface area (Å²) in [6, 6.07) is 6.65. The molecule has 1 atom stereocenters. The fourth-order valence-electron chi connectivity index (χ4n) is 3.02. The summed E-state index contributed by atoms with van der Waals surface area (Å²) in [5.41, 5.74) is 0.868. The Bertz CT molecular complexity index is 1020. The summed E-state index contributed by atoms with van der Waals surface area (Å²) in [5, 5.41) is 0.515. The molecule has 3 rings (SSSR count). The van der Waals surface area contributed by atoms with Crippen molar-refractivity contribution in [2.24, 2.45) is 5.92 Å². The maximum absolute atomic E-state index is 13.1. The first-order valence-corrected chi connectivity index (χ1v) is 9.39. The molecule has 1 unspecified atom stereocenters. The number of nitrogens with zero attached hydrogens (tertiary/aromatic N) is 4. The summed E-state index contributed by atoms with van der Waals surface area (Å²) < 4.78 is 41.5. The lowest BCUT2D eigenvalue weighted by molar-refractivity contribution is -0.171. The normalized spacial score (nSPS) is 13.2. The number of aromatic nitrogens is 4. The molecule has 28 heavy (non-hydrogen) atoms. The largest absolute Gasteiger partial charge is 0.391 e. The molecule has 2 heterocycles. The number of fused-ring (bicyclic) bond motifs is 1. The Hall–Kier alpha value is -2.35. The number of hydrogen-bond acceptors (Lipinski definition) is 3. The SMILES string of the molecule is CCn1cnc2c(=O)n(-c3ccc(Cl)cc3)c(CCCC(C)C(F)(F)F)nc21. The van der Waals surface area contributed by atoms with Crippen LogP contribution in [0.2, 0.25) is 5.02 Å². The maximum atomic E-state index is 13.1. The fourth-order valence-corrected chi connectivity index (χ4v) is 3.15. The van der Waals surface area contributed by atoms with E-state index >= 15 is 0 Å². The number of halogens is 4. The molecule has 0 saturated carbocycles. The number of alkyl halides is 3. The molecule has 0 saturated heterocycles. The van der Waals surface area contributed by atoms with Crippen molar-refractivity contribution >= 4 is 22.8 Å². The lowest BCUT2D eigenvalue weighted by Gasteiger charge is -2.16. The van der Waals surface area contributed by atoms with Crippen LogP contribution in [0.5, 0.6) is 0 Å². The third-order valence-corrected chi connectivity index (χ3v) is 4.98. The van der Waals surface area contributed by atoms with E-state index < -0.39 is 12.1 Å². The molecular weight excluding hydrogens is 393 g/mol. The van der Waals surface area contributed by atoms with Crippen molar-refractivity contribution in [2.45, 2.75) is 45.8 Å². The summed E-state index contributed by atoms with van der Waals surface area (Å²) >= 11 is 5.93.